The molecule has 1 aromatic heterocycles. The number of nitrogens with one attached hydrogen (secondary N) is 1. The summed E-state index contributed by atoms with van der Waals surface area (Å²) in [5.41, 5.74) is 7.66. The number of halogens is 1. The minimum absolute atomic E-state index is 0.150. The molecule has 0 amide bonds. The predicted molar refractivity (Wildman–Crippen MR) is 64.5 cm³/mol. The number of H-pyrrole nitrogens is 1. The first-order chi connectivity index (χ1) is 7.72. The minimum atomic E-state index is -0.150. The van der Waals surface area contributed by atoms with Crippen molar-refractivity contribution in [2.45, 2.75) is 12.5 Å². The molecule has 4 nitrogen and oxygen atoms in total. The number of aromatic nitrogens is 2. The molecule has 1 unspecified atom stereocenters. The molecule has 0 spiro atoms. The number of fused-ring (bicyclic) bond motifs is 1. The Morgan fingerprint density at radius 1 is 1.56 bits per heavy atom. The van der Waals surface area contributed by atoms with Crippen LogP contribution < -0.4 is 5.73 Å². The second-order valence-electron chi connectivity index (χ2n) is 3.65. The molecule has 0 aliphatic heterocycles. The van der Waals surface area contributed by atoms with Crippen LogP contribution in [0.5, 0.6) is 0 Å². The number of methoxy groups -OCH3 is 1. The second-order valence-corrected chi connectivity index (χ2v) is 4.05. The zero-order valence-corrected chi connectivity index (χ0v) is 9.79. The second kappa shape index (κ2) is 4.82. The van der Waals surface area contributed by atoms with E-state index in [9.17, 15) is 0 Å². The van der Waals surface area contributed by atoms with E-state index >= 15 is 0 Å². The largest absolute Gasteiger partial charge is 0.385 e. The van der Waals surface area contributed by atoms with Gasteiger partial charge in [0.15, 0.2) is 0 Å². The summed E-state index contributed by atoms with van der Waals surface area (Å²) < 4.78 is 4.98. The van der Waals surface area contributed by atoms with E-state index in [1.165, 1.54) is 0 Å². The summed E-state index contributed by atoms with van der Waals surface area (Å²) in [7, 11) is 1.65. The van der Waals surface area contributed by atoms with E-state index in [1.807, 2.05) is 18.2 Å². The van der Waals surface area contributed by atoms with Gasteiger partial charge in [0.2, 0.25) is 0 Å². The Morgan fingerprint density at radius 3 is 3.06 bits per heavy atom. The zero-order chi connectivity index (χ0) is 11.5. The first kappa shape index (κ1) is 11.4. The van der Waals surface area contributed by atoms with Gasteiger partial charge < -0.3 is 15.5 Å². The third-order valence-corrected chi connectivity index (χ3v) is 2.77. The highest BCUT2D eigenvalue weighted by molar-refractivity contribution is 6.34. The smallest absolute Gasteiger partial charge is 0.124 e. The van der Waals surface area contributed by atoms with Gasteiger partial charge in [-0.2, -0.15) is 0 Å². The van der Waals surface area contributed by atoms with E-state index in [0.717, 1.165) is 23.3 Å². The van der Waals surface area contributed by atoms with Crippen molar-refractivity contribution in [2.75, 3.05) is 13.7 Å². The molecule has 2 aromatic rings. The minimum Gasteiger partial charge on any atom is -0.385 e. The van der Waals surface area contributed by atoms with Gasteiger partial charge in [-0.15, -0.1) is 0 Å². The molecule has 0 saturated heterocycles. The van der Waals surface area contributed by atoms with E-state index < -0.39 is 0 Å². The van der Waals surface area contributed by atoms with Crippen LogP contribution in [0.3, 0.4) is 0 Å². The summed E-state index contributed by atoms with van der Waals surface area (Å²) in [6.45, 7) is 0.617. The van der Waals surface area contributed by atoms with Crippen LogP contribution in [-0.4, -0.2) is 23.7 Å². The normalized spacial score (nSPS) is 13.2. The predicted octanol–water partition coefficient (Wildman–Crippen LogP) is 2.25. The Balaban J connectivity index is 2.29. The van der Waals surface area contributed by atoms with Crippen molar-refractivity contribution in [2.24, 2.45) is 5.73 Å². The van der Waals surface area contributed by atoms with Gasteiger partial charge >= 0.3 is 0 Å². The third-order valence-electron chi connectivity index (χ3n) is 2.47. The Bertz CT molecular complexity index is 483. The molecule has 16 heavy (non-hydrogen) atoms. The number of hydrogen-bond acceptors (Lipinski definition) is 3. The highest BCUT2D eigenvalue weighted by Gasteiger charge is 2.12. The summed E-state index contributed by atoms with van der Waals surface area (Å²) in [6.07, 6.45) is 0.730. The van der Waals surface area contributed by atoms with E-state index in [-0.39, 0.29) is 6.04 Å². The van der Waals surface area contributed by atoms with Crippen molar-refractivity contribution in [1.29, 1.82) is 0 Å². The van der Waals surface area contributed by atoms with Crippen molar-refractivity contribution in [3.8, 4) is 0 Å². The maximum Gasteiger partial charge on any atom is 0.124 e. The van der Waals surface area contributed by atoms with Crippen LogP contribution in [0, 0.1) is 0 Å². The average molecular weight is 240 g/mol. The molecule has 0 saturated carbocycles. The van der Waals surface area contributed by atoms with Crippen molar-refractivity contribution in [3.63, 3.8) is 0 Å². The molecule has 0 bridgehead atoms. The van der Waals surface area contributed by atoms with E-state index in [1.54, 1.807) is 7.11 Å². The molecule has 1 atom stereocenters. The van der Waals surface area contributed by atoms with Crippen molar-refractivity contribution in [3.05, 3.63) is 29.0 Å². The van der Waals surface area contributed by atoms with Crippen LogP contribution in [0.15, 0.2) is 18.2 Å². The monoisotopic (exact) mass is 239 g/mol. The lowest BCUT2D eigenvalue weighted by Crippen LogP contribution is -2.14. The fourth-order valence-corrected chi connectivity index (χ4v) is 1.79. The summed E-state index contributed by atoms with van der Waals surface area (Å²) in [4.78, 5) is 7.57. The summed E-state index contributed by atoms with van der Waals surface area (Å²) in [6, 6.07) is 5.48. The number of ether oxygens (including phenoxy) is 1. The third kappa shape index (κ3) is 2.19. The van der Waals surface area contributed by atoms with Crippen LogP contribution in [0.1, 0.15) is 18.3 Å². The average Bonchev–Trinajstić information content (AvgIpc) is 2.71. The lowest BCUT2D eigenvalue weighted by atomic mass is 10.2. The molecule has 0 aliphatic rings. The summed E-state index contributed by atoms with van der Waals surface area (Å²) in [5.74, 6) is 0.750. The maximum atomic E-state index is 6.03. The molecular weight excluding hydrogens is 226 g/mol. The Hall–Kier alpha value is -1.10. The van der Waals surface area contributed by atoms with E-state index in [4.69, 9.17) is 22.1 Å². The van der Waals surface area contributed by atoms with Gasteiger partial charge in [0.1, 0.15) is 11.3 Å². The fraction of sp³-hybridized carbons (Fsp3) is 0.364. The molecular formula is C11H14ClN3O. The van der Waals surface area contributed by atoms with E-state index in [0.29, 0.717) is 11.6 Å². The van der Waals surface area contributed by atoms with Crippen LogP contribution >= 0.6 is 11.6 Å². The van der Waals surface area contributed by atoms with Gasteiger partial charge in [0, 0.05) is 13.7 Å². The Kier molecular flexibility index (Phi) is 3.43. The van der Waals surface area contributed by atoms with Crippen LogP contribution in [-0.2, 0) is 4.74 Å². The Labute approximate surface area is 98.8 Å². The van der Waals surface area contributed by atoms with Crippen molar-refractivity contribution < 1.29 is 4.74 Å². The number of hydrogen-bond donors (Lipinski definition) is 2. The van der Waals surface area contributed by atoms with Crippen LogP contribution in [0.2, 0.25) is 5.02 Å². The molecule has 5 heteroatoms. The van der Waals surface area contributed by atoms with Crippen LogP contribution in [0.25, 0.3) is 11.0 Å². The van der Waals surface area contributed by atoms with Gasteiger partial charge in [0.25, 0.3) is 0 Å². The quantitative estimate of drug-likeness (QED) is 0.860. The van der Waals surface area contributed by atoms with Crippen molar-refractivity contribution in [1.82, 2.24) is 9.97 Å². The van der Waals surface area contributed by atoms with Crippen LogP contribution in [0.4, 0.5) is 0 Å². The SMILES string of the molecule is COCCC(N)c1nc2c(Cl)cccc2[nH]1. The van der Waals surface area contributed by atoms with Gasteiger partial charge in [-0.1, -0.05) is 17.7 Å². The summed E-state index contributed by atoms with van der Waals surface area (Å²) in [5, 5.41) is 0.638. The molecule has 2 rings (SSSR count). The van der Waals surface area contributed by atoms with Gasteiger partial charge in [-0.3, -0.25) is 0 Å². The number of aromatic amines is 1. The zero-order valence-electron chi connectivity index (χ0n) is 9.03. The number of imidazole rings is 1. The van der Waals surface area contributed by atoms with Crippen molar-refractivity contribution >= 4 is 22.6 Å². The summed E-state index contributed by atoms with van der Waals surface area (Å²) >= 11 is 6.03. The lowest BCUT2D eigenvalue weighted by molar-refractivity contribution is 0.187. The topological polar surface area (TPSA) is 63.9 Å². The van der Waals surface area contributed by atoms with Gasteiger partial charge in [-0.05, 0) is 18.6 Å². The molecule has 3 N–H and O–H groups in total. The van der Waals surface area contributed by atoms with Gasteiger partial charge in [-0.25, -0.2) is 4.98 Å². The number of nitrogens with two attached hydrogens (primary N) is 1. The molecule has 1 heterocycles. The maximum absolute atomic E-state index is 6.03. The van der Waals surface area contributed by atoms with E-state index in [2.05, 4.69) is 9.97 Å². The number of benzene rings is 1. The standard InChI is InChI=1S/C11H14ClN3O/c1-16-6-5-8(13)11-14-9-4-2-3-7(12)10(9)15-11/h2-4,8H,5-6,13H2,1H3,(H,14,15). The number of nitrogens with zero attached hydrogens (tertiary/aromatic N) is 1. The first-order valence-electron chi connectivity index (χ1n) is 5.11. The highest BCUT2D eigenvalue weighted by Crippen LogP contribution is 2.23. The molecule has 0 aliphatic carbocycles. The molecule has 1 aromatic carbocycles. The molecule has 0 radical (unpaired) electrons. The first-order valence-corrected chi connectivity index (χ1v) is 5.49. The highest BCUT2D eigenvalue weighted by atomic mass is 35.5. The molecule has 86 valence electrons. The number of para-hydroxylation sites is 1. The van der Waals surface area contributed by atoms with Gasteiger partial charge in [0.05, 0.1) is 16.6 Å². The Morgan fingerprint density at radius 2 is 2.38 bits per heavy atom. The lowest BCUT2D eigenvalue weighted by Gasteiger charge is -2.06. The molecule has 0 fully saturated rings. The fourth-order valence-electron chi connectivity index (χ4n) is 1.57. The number of rotatable bonds is 4.